The van der Waals surface area contributed by atoms with E-state index in [1.807, 2.05) is 0 Å². The fraction of sp³-hybridized carbons (Fsp3) is 0.250. The number of ether oxygens (including phenoxy) is 2. The van der Waals surface area contributed by atoms with Crippen molar-refractivity contribution in [3.05, 3.63) is 64.1 Å². The van der Waals surface area contributed by atoms with Crippen LogP contribution in [0.25, 0.3) is 0 Å². The minimum atomic E-state index is -0.465. The largest absolute Gasteiger partial charge is 1.00 e. The molecule has 12 heteroatoms. The third-order valence-electron chi connectivity index (χ3n) is 4.23. The first kappa shape index (κ1) is 25.2. The van der Waals surface area contributed by atoms with Crippen LogP contribution in [0.2, 0.25) is 5.02 Å². The Morgan fingerprint density at radius 3 is 2.59 bits per heavy atom. The van der Waals surface area contributed by atoms with Crippen LogP contribution in [0.3, 0.4) is 0 Å². The van der Waals surface area contributed by atoms with Crippen LogP contribution in [0, 0.1) is 5.82 Å². The summed E-state index contributed by atoms with van der Waals surface area (Å²) >= 11 is 6.37. The van der Waals surface area contributed by atoms with Gasteiger partial charge < -0.3 is 38.2 Å². The number of carbonyl (C=O) groups excluding carboxylic acids is 1. The highest BCUT2D eigenvalue weighted by molar-refractivity contribution is 6.32. The summed E-state index contributed by atoms with van der Waals surface area (Å²) in [6, 6.07) is 9.58. The van der Waals surface area contributed by atoms with Gasteiger partial charge >= 0.3 is 0 Å². The van der Waals surface area contributed by atoms with E-state index < -0.39 is 5.91 Å². The zero-order chi connectivity index (χ0) is 22.2. The van der Waals surface area contributed by atoms with Crippen LogP contribution in [0.1, 0.15) is 21.6 Å². The monoisotopic (exact) mass is 484 g/mol. The minimum Gasteiger partial charge on any atom is -1.00 e. The Labute approximate surface area is 194 Å². The van der Waals surface area contributed by atoms with Gasteiger partial charge in [0.15, 0.2) is 11.5 Å². The van der Waals surface area contributed by atoms with Crippen LogP contribution in [0.15, 0.2) is 41.0 Å². The van der Waals surface area contributed by atoms with E-state index in [4.69, 9.17) is 26.8 Å². The van der Waals surface area contributed by atoms with E-state index in [-0.39, 0.29) is 36.3 Å². The van der Waals surface area contributed by atoms with E-state index in [9.17, 15) is 9.18 Å². The molecule has 0 unspecified atom stereocenters. The van der Waals surface area contributed by atoms with Gasteiger partial charge in [0.1, 0.15) is 12.4 Å². The Hall–Kier alpha value is -3.08. The summed E-state index contributed by atoms with van der Waals surface area (Å²) in [5, 5.41) is 13.0. The normalized spacial score (nSPS) is 10.3. The first-order valence-corrected chi connectivity index (χ1v) is 9.66. The van der Waals surface area contributed by atoms with Crippen LogP contribution in [0.4, 0.5) is 10.2 Å². The maximum absolute atomic E-state index is 13.0. The van der Waals surface area contributed by atoms with Crippen molar-refractivity contribution in [2.75, 3.05) is 25.9 Å². The molecule has 0 fully saturated rings. The fourth-order valence-electron chi connectivity index (χ4n) is 2.69. The molecule has 0 aliphatic heterocycles. The summed E-state index contributed by atoms with van der Waals surface area (Å²) in [5.41, 5.74) is 7.09. The maximum atomic E-state index is 13.0. The summed E-state index contributed by atoms with van der Waals surface area (Å²) in [7, 11) is 1.52. The van der Waals surface area contributed by atoms with Gasteiger partial charge in [-0.3, -0.25) is 4.79 Å². The molecule has 1 aromatic heterocycles. The molecule has 3 rings (SSSR count). The molecule has 172 valence electrons. The Morgan fingerprint density at radius 2 is 1.94 bits per heavy atom. The number of nitrogens with one attached hydrogen (secondary N) is 2. The van der Waals surface area contributed by atoms with Gasteiger partial charge in [-0.15, -0.1) is 0 Å². The first-order valence-electron chi connectivity index (χ1n) is 9.28. The topological polar surface area (TPSA) is 125 Å². The molecule has 4 N–H and O–H groups in total. The first-order chi connectivity index (χ1) is 15.0. The zero-order valence-corrected chi connectivity index (χ0v) is 18.5. The molecule has 0 saturated heterocycles. The SMILES string of the molecule is COc1cc(CNCCNC(=O)c2nonc2N)cc(Cl)c1OCc1ccc(F)cc1.[Cl-]. The van der Waals surface area contributed by atoms with Gasteiger partial charge in [0.05, 0.1) is 12.1 Å². The van der Waals surface area contributed by atoms with Crippen molar-refractivity contribution in [3.8, 4) is 11.5 Å². The highest BCUT2D eigenvalue weighted by Crippen LogP contribution is 2.37. The smallest absolute Gasteiger partial charge is 0.277 e. The third-order valence-corrected chi connectivity index (χ3v) is 4.51. The van der Waals surface area contributed by atoms with Gasteiger partial charge in [-0.25, -0.2) is 9.02 Å². The lowest BCUT2D eigenvalue weighted by atomic mass is 10.2. The van der Waals surface area contributed by atoms with Crippen molar-refractivity contribution < 1.29 is 35.7 Å². The minimum absolute atomic E-state index is 0. The summed E-state index contributed by atoms with van der Waals surface area (Å²) in [6.07, 6.45) is 0. The Morgan fingerprint density at radius 1 is 1.19 bits per heavy atom. The fourth-order valence-corrected chi connectivity index (χ4v) is 2.97. The molecule has 2 aromatic carbocycles. The van der Waals surface area contributed by atoms with E-state index in [2.05, 4.69) is 25.6 Å². The molecule has 3 aromatic rings. The second kappa shape index (κ2) is 12.1. The lowest BCUT2D eigenvalue weighted by Crippen LogP contribution is -3.00. The van der Waals surface area contributed by atoms with Crippen molar-refractivity contribution in [1.29, 1.82) is 0 Å². The number of rotatable bonds is 10. The van der Waals surface area contributed by atoms with Crippen LogP contribution >= 0.6 is 11.6 Å². The van der Waals surface area contributed by atoms with E-state index in [0.29, 0.717) is 36.2 Å². The van der Waals surface area contributed by atoms with Gasteiger partial charge in [-0.1, -0.05) is 23.7 Å². The number of benzene rings is 2. The van der Waals surface area contributed by atoms with Gasteiger partial charge in [0.25, 0.3) is 5.91 Å². The van der Waals surface area contributed by atoms with E-state index in [1.54, 1.807) is 24.3 Å². The predicted molar refractivity (Wildman–Crippen MR) is 111 cm³/mol. The number of nitrogen functional groups attached to an aromatic ring is 1. The molecule has 0 atom stereocenters. The number of methoxy groups -OCH3 is 1. The second-order valence-corrected chi connectivity index (χ2v) is 6.86. The summed E-state index contributed by atoms with van der Waals surface area (Å²) in [5.74, 6) is 0.0500. The number of nitrogens with two attached hydrogens (primary N) is 1. The van der Waals surface area contributed by atoms with Crippen molar-refractivity contribution in [2.45, 2.75) is 13.2 Å². The summed E-state index contributed by atoms with van der Waals surface area (Å²) in [6.45, 7) is 1.53. The van der Waals surface area contributed by atoms with E-state index in [1.165, 1.54) is 19.2 Å². The Balaban J connectivity index is 0.00000363. The van der Waals surface area contributed by atoms with Gasteiger partial charge in [-0.2, -0.15) is 0 Å². The van der Waals surface area contributed by atoms with Gasteiger partial charge in [0.2, 0.25) is 11.5 Å². The molecular formula is C20H21Cl2FN5O4-. The molecule has 1 heterocycles. The molecule has 0 saturated carbocycles. The van der Waals surface area contributed by atoms with Crippen LogP contribution in [-0.4, -0.2) is 36.4 Å². The van der Waals surface area contributed by atoms with Crippen molar-refractivity contribution in [3.63, 3.8) is 0 Å². The lowest BCUT2D eigenvalue weighted by Gasteiger charge is -2.15. The average molecular weight is 485 g/mol. The highest BCUT2D eigenvalue weighted by Gasteiger charge is 2.15. The molecule has 32 heavy (non-hydrogen) atoms. The lowest BCUT2D eigenvalue weighted by molar-refractivity contribution is -0.0000163. The second-order valence-electron chi connectivity index (χ2n) is 6.45. The molecule has 0 spiro atoms. The quantitative estimate of drug-likeness (QED) is 0.330. The number of nitrogens with zero attached hydrogens (tertiary/aromatic N) is 2. The maximum Gasteiger partial charge on any atom is 0.277 e. The number of aromatic nitrogens is 2. The summed E-state index contributed by atoms with van der Waals surface area (Å²) < 4.78 is 28.6. The predicted octanol–water partition coefficient (Wildman–Crippen LogP) is -0.444. The number of carbonyl (C=O) groups is 1. The molecule has 1 amide bonds. The van der Waals surface area contributed by atoms with Gasteiger partial charge in [-0.05, 0) is 45.7 Å². The van der Waals surface area contributed by atoms with E-state index in [0.717, 1.165) is 11.1 Å². The standard InChI is InChI=1S/C20H21ClFN5O4.ClH/c1-29-16-9-13(10-24-6-7-25-20(28)17-19(23)27-31-26-17)8-15(21)18(16)30-11-12-2-4-14(22)5-3-12;/h2-5,8-9,24H,6-7,10-11H2,1H3,(H2,23,27)(H,25,28);1H/p-1. The number of hydrogen-bond acceptors (Lipinski definition) is 8. The highest BCUT2D eigenvalue weighted by atomic mass is 35.5. The molecule has 0 bridgehead atoms. The Kier molecular flexibility index (Phi) is 9.51. The van der Waals surface area contributed by atoms with Crippen LogP contribution in [-0.2, 0) is 13.2 Å². The number of hydrogen-bond donors (Lipinski definition) is 3. The molecule has 0 aliphatic rings. The van der Waals surface area contributed by atoms with E-state index >= 15 is 0 Å². The van der Waals surface area contributed by atoms with Crippen LogP contribution < -0.4 is 38.2 Å². The van der Waals surface area contributed by atoms with Crippen molar-refractivity contribution >= 4 is 23.3 Å². The number of amides is 1. The number of halogens is 3. The Bertz CT molecular complexity index is 1030. The molecular weight excluding hydrogens is 464 g/mol. The number of anilines is 1. The van der Waals surface area contributed by atoms with Crippen molar-refractivity contribution in [1.82, 2.24) is 20.9 Å². The third kappa shape index (κ3) is 6.71. The average Bonchev–Trinajstić information content (AvgIpc) is 3.19. The molecule has 9 nitrogen and oxygen atoms in total. The van der Waals surface area contributed by atoms with Crippen LogP contribution in [0.5, 0.6) is 11.5 Å². The summed E-state index contributed by atoms with van der Waals surface area (Å²) in [4.78, 5) is 11.9. The zero-order valence-electron chi connectivity index (χ0n) is 17.0. The molecule has 0 radical (unpaired) electrons. The van der Waals surface area contributed by atoms with Crippen molar-refractivity contribution in [2.24, 2.45) is 0 Å². The molecule has 0 aliphatic carbocycles. The van der Waals surface area contributed by atoms with Gasteiger partial charge in [0, 0.05) is 19.6 Å².